The molecule has 0 fully saturated rings. The second-order valence-corrected chi connectivity index (χ2v) is 5.47. The van der Waals surface area contributed by atoms with Crippen LogP contribution in [0.2, 0.25) is 0 Å². The maximum Gasteiger partial charge on any atom is 0.306 e. The molecule has 0 aliphatic heterocycles. The standard InChI is InChI=1S/C19H21NO3/c1-15-4-6-17(7-5-15)18(21)8-9-19(22)23-14-2-3-16-10-12-20-13-11-16/h4-7,10-13H,2-3,8-9,14H2,1H3. The van der Waals surface area contributed by atoms with E-state index < -0.39 is 0 Å². The van der Waals surface area contributed by atoms with Gasteiger partial charge in [-0.15, -0.1) is 0 Å². The lowest BCUT2D eigenvalue weighted by Gasteiger charge is -2.05. The molecular formula is C19H21NO3. The van der Waals surface area contributed by atoms with Gasteiger partial charge < -0.3 is 4.74 Å². The Morgan fingerprint density at radius 2 is 1.70 bits per heavy atom. The summed E-state index contributed by atoms with van der Waals surface area (Å²) in [5.74, 6) is -0.348. The minimum absolute atomic E-state index is 0.0289. The van der Waals surface area contributed by atoms with E-state index in [1.807, 2.05) is 31.2 Å². The largest absolute Gasteiger partial charge is 0.466 e. The Bertz CT molecular complexity index is 635. The number of hydrogen-bond acceptors (Lipinski definition) is 4. The Kier molecular flexibility index (Phi) is 6.48. The molecule has 2 rings (SSSR count). The predicted molar refractivity (Wildman–Crippen MR) is 88.3 cm³/mol. The Balaban J connectivity index is 1.63. The number of rotatable bonds is 8. The number of carbonyl (C=O) groups excluding carboxylic acids is 2. The van der Waals surface area contributed by atoms with Gasteiger partial charge in [-0.05, 0) is 37.5 Å². The third-order valence-corrected chi connectivity index (χ3v) is 3.55. The smallest absolute Gasteiger partial charge is 0.306 e. The van der Waals surface area contributed by atoms with Crippen molar-refractivity contribution in [3.63, 3.8) is 0 Å². The number of nitrogens with zero attached hydrogens (tertiary/aromatic N) is 1. The van der Waals surface area contributed by atoms with Crippen molar-refractivity contribution in [2.24, 2.45) is 0 Å². The van der Waals surface area contributed by atoms with Gasteiger partial charge in [-0.25, -0.2) is 0 Å². The van der Waals surface area contributed by atoms with E-state index in [-0.39, 0.29) is 24.6 Å². The van der Waals surface area contributed by atoms with E-state index in [0.29, 0.717) is 12.2 Å². The lowest BCUT2D eigenvalue weighted by atomic mass is 10.1. The molecule has 0 aliphatic rings. The zero-order valence-electron chi connectivity index (χ0n) is 13.3. The summed E-state index contributed by atoms with van der Waals surface area (Å²) in [5.41, 5.74) is 2.92. The molecular weight excluding hydrogens is 290 g/mol. The molecule has 0 spiro atoms. The Morgan fingerprint density at radius 1 is 1.00 bits per heavy atom. The van der Waals surface area contributed by atoms with Crippen molar-refractivity contribution >= 4 is 11.8 Å². The van der Waals surface area contributed by atoms with Gasteiger partial charge in [0.1, 0.15) is 0 Å². The first-order chi connectivity index (χ1) is 11.1. The number of benzene rings is 1. The number of aryl methyl sites for hydroxylation is 2. The summed E-state index contributed by atoms with van der Waals surface area (Å²) in [6, 6.07) is 11.3. The first-order valence-corrected chi connectivity index (χ1v) is 7.79. The van der Waals surface area contributed by atoms with Crippen LogP contribution in [0.15, 0.2) is 48.8 Å². The van der Waals surface area contributed by atoms with Crippen molar-refractivity contribution in [3.05, 3.63) is 65.5 Å². The number of esters is 1. The summed E-state index contributed by atoms with van der Waals surface area (Å²) in [6.45, 7) is 2.34. The molecule has 4 heteroatoms. The number of aromatic nitrogens is 1. The van der Waals surface area contributed by atoms with Crippen molar-refractivity contribution < 1.29 is 14.3 Å². The zero-order valence-corrected chi connectivity index (χ0v) is 13.3. The summed E-state index contributed by atoms with van der Waals surface area (Å²) in [6.07, 6.45) is 5.42. The molecule has 1 heterocycles. The van der Waals surface area contributed by atoms with E-state index >= 15 is 0 Å². The van der Waals surface area contributed by atoms with E-state index in [9.17, 15) is 9.59 Å². The van der Waals surface area contributed by atoms with Crippen LogP contribution in [0.4, 0.5) is 0 Å². The summed E-state index contributed by atoms with van der Waals surface area (Å²) in [4.78, 5) is 27.6. The Labute approximate surface area is 136 Å². The highest BCUT2D eigenvalue weighted by atomic mass is 16.5. The fraction of sp³-hybridized carbons (Fsp3) is 0.316. The highest BCUT2D eigenvalue weighted by Crippen LogP contribution is 2.08. The van der Waals surface area contributed by atoms with Crippen LogP contribution >= 0.6 is 0 Å². The number of pyridine rings is 1. The molecule has 4 nitrogen and oxygen atoms in total. The average Bonchev–Trinajstić information content (AvgIpc) is 2.58. The number of carbonyl (C=O) groups is 2. The van der Waals surface area contributed by atoms with Crippen LogP contribution in [0.3, 0.4) is 0 Å². The minimum atomic E-state index is -0.319. The van der Waals surface area contributed by atoms with E-state index in [4.69, 9.17) is 4.74 Å². The third-order valence-electron chi connectivity index (χ3n) is 3.55. The number of ether oxygens (including phenoxy) is 1. The van der Waals surface area contributed by atoms with E-state index in [2.05, 4.69) is 4.98 Å². The average molecular weight is 311 g/mol. The van der Waals surface area contributed by atoms with Crippen molar-refractivity contribution in [2.75, 3.05) is 6.61 Å². The lowest BCUT2D eigenvalue weighted by Crippen LogP contribution is -2.09. The van der Waals surface area contributed by atoms with Gasteiger partial charge >= 0.3 is 5.97 Å². The summed E-state index contributed by atoms with van der Waals surface area (Å²) in [7, 11) is 0. The van der Waals surface area contributed by atoms with Crippen LogP contribution in [-0.2, 0) is 16.0 Å². The van der Waals surface area contributed by atoms with Crippen LogP contribution < -0.4 is 0 Å². The molecule has 0 N–H and O–H groups in total. The molecule has 0 atom stereocenters. The molecule has 0 aliphatic carbocycles. The van der Waals surface area contributed by atoms with E-state index in [1.54, 1.807) is 24.5 Å². The highest BCUT2D eigenvalue weighted by Gasteiger charge is 2.10. The van der Waals surface area contributed by atoms with Crippen molar-refractivity contribution in [1.29, 1.82) is 0 Å². The van der Waals surface area contributed by atoms with Gasteiger partial charge in [0.25, 0.3) is 0 Å². The van der Waals surface area contributed by atoms with Crippen molar-refractivity contribution in [3.8, 4) is 0 Å². The first kappa shape index (κ1) is 16.9. The SMILES string of the molecule is Cc1ccc(C(=O)CCC(=O)OCCCc2ccncc2)cc1. The fourth-order valence-corrected chi connectivity index (χ4v) is 2.18. The van der Waals surface area contributed by atoms with Crippen molar-refractivity contribution in [1.82, 2.24) is 4.98 Å². The molecule has 0 amide bonds. The molecule has 2 aromatic rings. The quantitative estimate of drug-likeness (QED) is 0.425. The second-order valence-electron chi connectivity index (χ2n) is 5.47. The van der Waals surface area contributed by atoms with Gasteiger partial charge in [0.05, 0.1) is 13.0 Å². The van der Waals surface area contributed by atoms with E-state index in [0.717, 1.165) is 18.4 Å². The Morgan fingerprint density at radius 3 is 2.39 bits per heavy atom. The predicted octanol–water partition coefficient (Wildman–Crippen LogP) is 3.53. The van der Waals surface area contributed by atoms with Crippen LogP contribution in [0, 0.1) is 6.92 Å². The van der Waals surface area contributed by atoms with Gasteiger partial charge in [0.15, 0.2) is 5.78 Å². The second kappa shape index (κ2) is 8.83. The van der Waals surface area contributed by atoms with Crippen LogP contribution in [0.5, 0.6) is 0 Å². The van der Waals surface area contributed by atoms with Gasteiger partial charge in [-0.2, -0.15) is 0 Å². The summed E-state index contributed by atoms with van der Waals surface area (Å²) < 4.78 is 5.16. The van der Waals surface area contributed by atoms with Crippen LogP contribution in [0.25, 0.3) is 0 Å². The molecule has 1 aromatic carbocycles. The first-order valence-electron chi connectivity index (χ1n) is 7.79. The van der Waals surface area contributed by atoms with Gasteiger partial charge in [-0.3, -0.25) is 14.6 Å². The van der Waals surface area contributed by atoms with Crippen LogP contribution in [0.1, 0.15) is 40.7 Å². The molecule has 0 unspecified atom stereocenters. The molecule has 1 aromatic heterocycles. The Hall–Kier alpha value is -2.49. The number of Topliss-reactive ketones (excluding diaryl/α,β-unsaturated/α-hetero) is 1. The zero-order chi connectivity index (χ0) is 16.5. The summed E-state index contributed by atoms with van der Waals surface area (Å²) >= 11 is 0. The summed E-state index contributed by atoms with van der Waals surface area (Å²) in [5, 5.41) is 0. The maximum atomic E-state index is 12.0. The normalized spacial score (nSPS) is 10.3. The number of ketones is 1. The maximum absolute atomic E-state index is 12.0. The number of hydrogen-bond donors (Lipinski definition) is 0. The third kappa shape index (κ3) is 6.02. The fourth-order valence-electron chi connectivity index (χ4n) is 2.18. The lowest BCUT2D eigenvalue weighted by molar-refractivity contribution is -0.143. The van der Waals surface area contributed by atoms with E-state index in [1.165, 1.54) is 5.56 Å². The molecule has 0 saturated carbocycles. The molecule has 23 heavy (non-hydrogen) atoms. The highest BCUT2D eigenvalue weighted by molar-refractivity contribution is 5.97. The van der Waals surface area contributed by atoms with Gasteiger partial charge in [0, 0.05) is 24.4 Å². The monoisotopic (exact) mass is 311 g/mol. The van der Waals surface area contributed by atoms with Crippen LogP contribution in [-0.4, -0.2) is 23.3 Å². The topological polar surface area (TPSA) is 56.3 Å². The van der Waals surface area contributed by atoms with Crippen molar-refractivity contribution in [2.45, 2.75) is 32.6 Å². The molecule has 0 bridgehead atoms. The minimum Gasteiger partial charge on any atom is -0.466 e. The van der Waals surface area contributed by atoms with Gasteiger partial charge in [-0.1, -0.05) is 29.8 Å². The molecule has 120 valence electrons. The molecule has 0 radical (unpaired) electrons. The molecule has 0 saturated heterocycles. The van der Waals surface area contributed by atoms with Gasteiger partial charge in [0.2, 0.25) is 0 Å².